The molecule has 4 heteroatoms. The second kappa shape index (κ2) is 7.18. The fourth-order valence-electron chi connectivity index (χ4n) is 2.76. The maximum Gasteiger partial charge on any atom is 0.118 e. The molecular weight excluding hydrogens is 294 g/mol. The van der Waals surface area contributed by atoms with E-state index in [2.05, 4.69) is 29.6 Å². The highest BCUT2D eigenvalue weighted by atomic mass is 32.2. The topological polar surface area (TPSA) is 41.5 Å². The third kappa shape index (κ3) is 3.64. The zero-order valence-electron chi connectivity index (χ0n) is 12.6. The van der Waals surface area contributed by atoms with Crippen molar-refractivity contribution in [3.8, 4) is 5.75 Å². The summed E-state index contributed by atoms with van der Waals surface area (Å²) >= 11 is 1.75. The van der Waals surface area contributed by atoms with Crippen molar-refractivity contribution in [1.29, 1.82) is 0 Å². The van der Waals surface area contributed by atoms with Gasteiger partial charge in [0.2, 0.25) is 0 Å². The lowest BCUT2D eigenvalue weighted by Crippen LogP contribution is -2.34. The van der Waals surface area contributed by atoms with E-state index in [4.69, 9.17) is 4.74 Å². The zero-order valence-corrected chi connectivity index (χ0v) is 13.4. The van der Waals surface area contributed by atoms with Gasteiger partial charge in [0.25, 0.3) is 0 Å². The van der Waals surface area contributed by atoms with Gasteiger partial charge in [-0.3, -0.25) is 0 Å². The van der Waals surface area contributed by atoms with Crippen molar-refractivity contribution in [3.05, 3.63) is 60.2 Å². The van der Waals surface area contributed by atoms with Crippen molar-refractivity contribution in [1.82, 2.24) is 5.32 Å². The standard InChI is InChI=1S/C18H21NO2S/c1-21-14-9-7-13(8-10-14)11-16-18(20)17(12-19-16)22-15-5-3-2-4-6-15/h2-10,16-20H,11-12H2,1H3/t16-,17-,18-/m0/s1. The molecule has 2 N–H and O–H groups in total. The lowest BCUT2D eigenvalue weighted by molar-refractivity contribution is 0.163. The molecule has 3 rings (SSSR count). The quantitative estimate of drug-likeness (QED) is 0.890. The van der Waals surface area contributed by atoms with Gasteiger partial charge < -0.3 is 15.2 Å². The van der Waals surface area contributed by atoms with Crippen molar-refractivity contribution in [2.45, 2.75) is 28.7 Å². The van der Waals surface area contributed by atoms with Crippen molar-refractivity contribution < 1.29 is 9.84 Å². The maximum atomic E-state index is 10.6. The molecule has 3 nitrogen and oxygen atoms in total. The first kappa shape index (κ1) is 15.4. The Labute approximate surface area is 135 Å². The van der Waals surface area contributed by atoms with E-state index in [0.717, 1.165) is 18.7 Å². The van der Waals surface area contributed by atoms with Crippen LogP contribution in [0, 0.1) is 0 Å². The van der Waals surface area contributed by atoms with Crippen LogP contribution in [0.2, 0.25) is 0 Å². The summed E-state index contributed by atoms with van der Waals surface area (Å²) in [6.07, 6.45) is 0.490. The number of aliphatic hydroxyl groups excluding tert-OH is 1. The Morgan fingerprint density at radius 3 is 2.55 bits per heavy atom. The lowest BCUT2D eigenvalue weighted by atomic mass is 10.0. The monoisotopic (exact) mass is 315 g/mol. The van der Waals surface area contributed by atoms with E-state index in [9.17, 15) is 5.11 Å². The van der Waals surface area contributed by atoms with Crippen LogP contribution in [-0.4, -0.2) is 36.2 Å². The summed E-state index contributed by atoms with van der Waals surface area (Å²) in [6.45, 7) is 0.835. The van der Waals surface area contributed by atoms with E-state index < -0.39 is 0 Å². The molecule has 0 aromatic heterocycles. The Hall–Kier alpha value is -1.49. The average molecular weight is 315 g/mol. The van der Waals surface area contributed by atoms with E-state index in [-0.39, 0.29) is 17.4 Å². The molecule has 0 unspecified atom stereocenters. The molecule has 0 amide bonds. The molecule has 3 atom stereocenters. The first-order chi connectivity index (χ1) is 10.8. The highest BCUT2D eigenvalue weighted by Crippen LogP contribution is 2.30. The average Bonchev–Trinajstić information content (AvgIpc) is 2.90. The fourth-order valence-corrected chi connectivity index (χ4v) is 3.93. The van der Waals surface area contributed by atoms with Crippen LogP contribution in [0.25, 0.3) is 0 Å². The number of hydrogen-bond acceptors (Lipinski definition) is 4. The molecule has 0 saturated carbocycles. The third-order valence-corrected chi connectivity index (χ3v) is 5.31. The van der Waals surface area contributed by atoms with Gasteiger partial charge >= 0.3 is 0 Å². The molecule has 116 valence electrons. The van der Waals surface area contributed by atoms with Gasteiger partial charge in [-0.2, -0.15) is 0 Å². The van der Waals surface area contributed by atoms with Gasteiger partial charge in [0.15, 0.2) is 0 Å². The van der Waals surface area contributed by atoms with Crippen molar-refractivity contribution in [2.75, 3.05) is 13.7 Å². The number of aliphatic hydroxyl groups is 1. The Balaban J connectivity index is 1.59. The number of thioether (sulfide) groups is 1. The van der Waals surface area contributed by atoms with E-state index in [1.807, 2.05) is 30.3 Å². The molecule has 1 saturated heterocycles. The largest absolute Gasteiger partial charge is 0.497 e. The summed E-state index contributed by atoms with van der Waals surface area (Å²) in [6, 6.07) is 18.4. The van der Waals surface area contributed by atoms with Gasteiger partial charge in [0.1, 0.15) is 5.75 Å². The minimum Gasteiger partial charge on any atom is -0.497 e. The maximum absolute atomic E-state index is 10.6. The van der Waals surface area contributed by atoms with Crippen molar-refractivity contribution in [2.24, 2.45) is 0 Å². The Bertz CT molecular complexity index is 588. The Morgan fingerprint density at radius 2 is 1.86 bits per heavy atom. The van der Waals surface area contributed by atoms with Gasteiger partial charge in [-0.25, -0.2) is 0 Å². The van der Waals surface area contributed by atoms with Crippen molar-refractivity contribution in [3.63, 3.8) is 0 Å². The molecule has 1 heterocycles. The summed E-state index contributed by atoms with van der Waals surface area (Å²) < 4.78 is 5.18. The molecule has 0 bridgehead atoms. The zero-order chi connectivity index (χ0) is 15.4. The first-order valence-electron chi connectivity index (χ1n) is 7.52. The van der Waals surface area contributed by atoms with Crippen LogP contribution >= 0.6 is 11.8 Å². The number of nitrogens with one attached hydrogen (secondary N) is 1. The second-order valence-electron chi connectivity index (χ2n) is 5.53. The molecule has 1 fully saturated rings. The number of ether oxygens (including phenoxy) is 1. The fraction of sp³-hybridized carbons (Fsp3) is 0.333. The number of rotatable bonds is 5. The predicted molar refractivity (Wildman–Crippen MR) is 90.6 cm³/mol. The van der Waals surface area contributed by atoms with Crippen LogP contribution in [0.5, 0.6) is 5.75 Å². The Morgan fingerprint density at radius 1 is 1.14 bits per heavy atom. The van der Waals surface area contributed by atoms with Crippen LogP contribution in [0.4, 0.5) is 0 Å². The minimum atomic E-state index is -0.340. The molecule has 2 aromatic rings. The molecule has 0 aliphatic carbocycles. The molecule has 1 aliphatic rings. The SMILES string of the molecule is COc1ccc(C[C@@H]2NC[C@H](Sc3ccccc3)[C@H]2O)cc1. The van der Waals surface area contributed by atoms with Gasteiger partial charge in [0.05, 0.1) is 13.2 Å². The van der Waals surface area contributed by atoms with E-state index >= 15 is 0 Å². The van der Waals surface area contributed by atoms with Gasteiger partial charge in [-0.15, -0.1) is 11.8 Å². The highest BCUT2D eigenvalue weighted by molar-refractivity contribution is 8.00. The highest BCUT2D eigenvalue weighted by Gasteiger charge is 2.34. The predicted octanol–water partition coefficient (Wildman–Crippen LogP) is 2.73. The molecule has 0 spiro atoms. The second-order valence-corrected chi connectivity index (χ2v) is 6.84. The van der Waals surface area contributed by atoms with Crippen LogP contribution in [0.3, 0.4) is 0 Å². The van der Waals surface area contributed by atoms with E-state index in [0.29, 0.717) is 0 Å². The number of methoxy groups -OCH3 is 1. The molecule has 2 aromatic carbocycles. The molecular formula is C18H21NO2S. The summed E-state index contributed by atoms with van der Waals surface area (Å²) in [5, 5.41) is 14.2. The molecule has 0 radical (unpaired) electrons. The van der Waals surface area contributed by atoms with Gasteiger partial charge in [-0.05, 0) is 36.2 Å². The third-order valence-electron chi connectivity index (χ3n) is 4.02. The van der Waals surface area contributed by atoms with Crippen molar-refractivity contribution >= 4 is 11.8 Å². The summed E-state index contributed by atoms with van der Waals surface area (Å²) in [5.74, 6) is 0.862. The van der Waals surface area contributed by atoms with Crippen LogP contribution in [0.15, 0.2) is 59.5 Å². The summed E-state index contributed by atoms with van der Waals surface area (Å²) in [4.78, 5) is 1.21. The van der Waals surface area contributed by atoms with Crippen LogP contribution in [-0.2, 0) is 6.42 Å². The molecule has 1 aliphatic heterocycles. The Kier molecular flexibility index (Phi) is 5.03. The molecule has 22 heavy (non-hydrogen) atoms. The number of hydrogen-bond donors (Lipinski definition) is 2. The van der Waals surface area contributed by atoms with E-state index in [1.165, 1.54) is 10.5 Å². The lowest BCUT2D eigenvalue weighted by Gasteiger charge is -2.18. The van der Waals surface area contributed by atoms with Gasteiger partial charge in [-0.1, -0.05) is 30.3 Å². The van der Waals surface area contributed by atoms with Gasteiger partial charge in [0, 0.05) is 22.7 Å². The van der Waals surface area contributed by atoms with Crippen LogP contribution in [0.1, 0.15) is 5.56 Å². The van der Waals surface area contributed by atoms with E-state index in [1.54, 1.807) is 18.9 Å². The van der Waals surface area contributed by atoms with Crippen LogP contribution < -0.4 is 10.1 Å². The summed E-state index contributed by atoms with van der Waals surface area (Å²) in [7, 11) is 1.67. The smallest absolute Gasteiger partial charge is 0.118 e. The normalized spacial score (nSPS) is 24.4. The summed E-state index contributed by atoms with van der Waals surface area (Å²) in [5.41, 5.74) is 1.21. The first-order valence-corrected chi connectivity index (χ1v) is 8.40. The minimum absolute atomic E-state index is 0.106. The number of benzene rings is 2.